The van der Waals surface area contributed by atoms with Crippen molar-refractivity contribution in [2.45, 2.75) is 53.0 Å². The minimum Gasteiger partial charge on any atom is -0.359 e. The summed E-state index contributed by atoms with van der Waals surface area (Å²) in [5.74, 6) is 1.96. The van der Waals surface area contributed by atoms with Crippen LogP contribution in [0.25, 0.3) is 0 Å². The van der Waals surface area contributed by atoms with E-state index in [0.29, 0.717) is 0 Å². The van der Waals surface area contributed by atoms with Crippen LogP contribution in [0.5, 0.6) is 0 Å². The van der Waals surface area contributed by atoms with Crippen LogP contribution in [0.3, 0.4) is 0 Å². The van der Waals surface area contributed by atoms with Crippen LogP contribution in [0, 0.1) is 19.8 Å². The van der Waals surface area contributed by atoms with Crippen LogP contribution in [0.1, 0.15) is 49.2 Å². The molecule has 0 spiro atoms. The largest absolute Gasteiger partial charge is 0.359 e. The third-order valence-corrected chi connectivity index (χ3v) is 4.33. The number of aromatic nitrogens is 3. The maximum Gasteiger partial charge on any atom is 0.228 e. The van der Waals surface area contributed by atoms with Crippen molar-refractivity contribution in [2.75, 3.05) is 5.32 Å². The zero-order valence-electron chi connectivity index (χ0n) is 13.5. The third kappa shape index (κ3) is 2.53. The summed E-state index contributed by atoms with van der Waals surface area (Å²) in [6, 6.07) is 0. The molecular formula is C16H22N4O2. The topological polar surface area (TPSA) is 73.0 Å². The van der Waals surface area contributed by atoms with Crippen molar-refractivity contribution in [1.82, 2.24) is 14.7 Å². The molecule has 2 aromatic heterocycles. The van der Waals surface area contributed by atoms with E-state index in [1.54, 1.807) is 0 Å². The van der Waals surface area contributed by atoms with Gasteiger partial charge in [-0.25, -0.2) is 4.98 Å². The number of carbonyl (C=O) groups excluding carboxylic acids is 1. The van der Waals surface area contributed by atoms with Gasteiger partial charge in [0.2, 0.25) is 5.91 Å². The Kier molecular flexibility index (Phi) is 3.76. The molecule has 0 bridgehead atoms. The van der Waals surface area contributed by atoms with Crippen molar-refractivity contribution in [1.29, 1.82) is 0 Å². The number of fused-ring (bicyclic) bond motifs is 1. The lowest BCUT2D eigenvalue weighted by molar-refractivity contribution is -0.120. The molecule has 3 rings (SSSR count). The Morgan fingerprint density at radius 2 is 2.23 bits per heavy atom. The predicted molar refractivity (Wildman–Crippen MR) is 82.7 cm³/mol. The monoisotopic (exact) mass is 302 g/mol. The summed E-state index contributed by atoms with van der Waals surface area (Å²) in [7, 11) is 0. The van der Waals surface area contributed by atoms with Gasteiger partial charge in [-0.05, 0) is 20.3 Å². The second kappa shape index (κ2) is 5.59. The van der Waals surface area contributed by atoms with Gasteiger partial charge in [0.1, 0.15) is 17.2 Å². The van der Waals surface area contributed by atoms with Crippen LogP contribution in [-0.2, 0) is 17.8 Å². The van der Waals surface area contributed by atoms with Crippen molar-refractivity contribution in [3.63, 3.8) is 0 Å². The molecule has 0 saturated carbocycles. The van der Waals surface area contributed by atoms with E-state index >= 15 is 0 Å². The van der Waals surface area contributed by atoms with Crippen LogP contribution in [0.4, 0.5) is 5.69 Å². The molecule has 0 saturated heterocycles. The number of hydrogen-bond donors (Lipinski definition) is 1. The molecule has 0 fully saturated rings. The van der Waals surface area contributed by atoms with Gasteiger partial charge in [-0.1, -0.05) is 19.0 Å². The van der Waals surface area contributed by atoms with Gasteiger partial charge in [0.05, 0.1) is 0 Å². The molecule has 3 heterocycles. The number of carbonyl (C=O) groups is 1. The molecule has 0 aromatic carbocycles. The lowest BCUT2D eigenvalue weighted by Gasteiger charge is -2.24. The zero-order valence-corrected chi connectivity index (χ0v) is 13.5. The first-order valence-corrected chi connectivity index (χ1v) is 7.75. The maximum absolute atomic E-state index is 12.6. The van der Waals surface area contributed by atoms with Crippen LogP contribution >= 0.6 is 0 Å². The van der Waals surface area contributed by atoms with Gasteiger partial charge in [0, 0.05) is 36.7 Å². The van der Waals surface area contributed by atoms with Crippen molar-refractivity contribution >= 4 is 11.6 Å². The smallest absolute Gasteiger partial charge is 0.228 e. The lowest BCUT2D eigenvalue weighted by Crippen LogP contribution is -2.30. The highest BCUT2D eigenvalue weighted by molar-refractivity contribution is 5.93. The molecule has 2 aromatic rings. The molecule has 1 unspecified atom stereocenters. The van der Waals surface area contributed by atoms with Gasteiger partial charge in [-0.3, -0.25) is 4.79 Å². The SMILES string of the molecule is Cc1noc(C(C)C)c1NC(=O)C1CCn2c(cnc2C)C1. The number of imidazole rings is 1. The van der Waals surface area contributed by atoms with E-state index in [1.165, 1.54) is 0 Å². The molecule has 1 aliphatic heterocycles. The quantitative estimate of drug-likeness (QED) is 0.946. The van der Waals surface area contributed by atoms with Gasteiger partial charge in [0.15, 0.2) is 5.76 Å². The van der Waals surface area contributed by atoms with E-state index < -0.39 is 0 Å². The molecule has 118 valence electrons. The minimum atomic E-state index is -0.0297. The van der Waals surface area contributed by atoms with Crippen molar-refractivity contribution < 1.29 is 9.32 Å². The number of hydrogen-bond acceptors (Lipinski definition) is 4. The number of aryl methyl sites for hydroxylation is 2. The van der Waals surface area contributed by atoms with Gasteiger partial charge >= 0.3 is 0 Å². The Hall–Kier alpha value is -2.11. The van der Waals surface area contributed by atoms with Crippen LogP contribution in [-0.4, -0.2) is 20.6 Å². The van der Waals surface area contributed by atoms with E-state index in [1.807, 2.05) is 33.9 Å². The highest BCUT2D eigenvalue weighted by atomic mass is 16.5. The Bertz CT molecular complexity index is 699. The standard InChI is InChI=1S/C16H22N4O2/c1-9(2)15-14(10(3)19-22-15)18-16(21)12-5-6-20-11(4)17-8-13(20)7-12/h8-9,12H,5-7H2,1-4H3,(H,18,21). The fourth-order valence-electron chi connectivity index (χ4n) is 3.01. The highest BCUT2D eigenvalue weighted by Crippen LogP contribution is 2.29. The van der Waals surface area contributed by atoms with Crippen molar-refractivity contribution in [2.24, 2.45) is 5.92 Å². The minimum absolute atomic E-state index is 0.0297. The molecular weight excluding hydrogens is 280 g/mol. The molecule has 1 N–H and O–H groups in total. The van der Waals surface area contributed by atoms with E-state index in [4.69, 9.17) is 4.52 Å². The molecule has 6 nitrogen and oxygen atoms in total. The predicted octanol–water partition coefficient (Wildman–Crippen LogP) is 2.81. The Morgan fingerprint density at radius 1 is 1.45 bits per heavy atom. The summed E-state index contributed by atoms with van der Waals surface area (Å²) in [5.41, 5.74) is 2.60. The molecule has 0 aliphatic carbocycles. The molecule has 0 radical (unpaired) electrons. The summed E-state index contributed by atoms with van der Waals surface area (Å²) in [6.07, 6.45) is 3.43. The molecule has 1 aliphatic rings. The summed E-state index contributed by atoms with van der Waals surface area (Å²) in [4.78, 5) is 16.9. The number of nitrogens with one attached hydrogen (secondary N) is 1. The van der Waals surface area contributed by atoms with Gasteiger partial charge in [-0.15, -0.1) is 0 Å². The molecule has 22 heavy (non-hydrogen) atoms. The lowest BCUT2D eigenvalue weighted by atomic mass is 9.95. The second-order valence-electron chi connectivity index (χ2n) is 6.29. The summed E-state index contributed by atoms with van der Waals surface area (Å²) in [6.45, 7) is 8.75. The van der Waals surface area contributed by atoms with E-state index in [2.05, 4.69) is 20.0 Å². The van der Waals surface area contributed by atoms with Gasteiger partial charge < -0.3 is 14.4 Å². The second-order valence-corrected chi connectivity index (χ2v) is 6.29. The van der Waals surface area contributed by atoms with Crippen LogP contribution < -0.4 is 5.32 Å². The third-order valence-electron chi connectivity index (χ3n) is 4.33. The molecule has 1 atom stereocenters. The highest BCUT2D eigenvalue weighted by Gasteiger charge is 2.28. The van der Waals surface area contributed by atoms with Crippen LogP contribution in [0.2, 0.25) is 0 Å². The number of rotatable bonds is 3. The summed E-state index contributed by atoms with van der Waals surface area (Å²) < 4.78 is 7.51. The average molecular weight is 302 g/mol. The first kappa shape index (κ1) is 14.8. The number of nitrogens with zero attached hydrogens (tertiary/aromatic N) is 3. The zero-order chi connectivity index (χ0) is 15.9. The van der Waals surface area contributed by atoms with E-state index in [0.717, 1.165) is 48.0 Å². The van der Waals surface area contributed by atoms with Gasteiger partial charge in [0.25, 0.3) is 0 Å². The van der Waals surface area contributed by atoms with E-state index in [9.17, 15) is 4.79 Å². The Balaban J connectivity index is 1.75. The molecule has 6 heteroatoms. The summed E-state index contributed by atoms with van der Waals surface area (Å²) in [5, 5.41) is 6.99. The first-order valence-electron chi connectivity index (χ1n) is 7.75. The average Bonchev–Trinajstić information content (AvgIpc) is 3.03. The number of amides is 1. The van der Waals surface area contributed by atoms with Gasteiger partial charge in [-0.2, -0.15) is 0 Å². The fourth-order valence-corrected chi connectivity index (χ4v) is 3.01. The maximum atomic E-state index is 12.6. The van der Waals surface area contributed by atoms with Crippen LogP contribution in [0.15, 0.2) is 10.7 Å². The normalized spacial score (nSPS) is 17.6. The number of anilines is 1. The van der Waals surface area contributed by atoms with Crippen molar-refractivity contribution in [3.05, 3.63) is 29.2 Å². The van der Waals surface area contributed by atoms with E-state index in [-0.39, 0.29) is 17.7 Å². The first-order chi connectivity index (χ1) is 10.5. The molecule has 1 amide bonds. The summed E-state index contributed by atoms with van der Waals surface area (Å²) >= 11 is 0. The Labute approximate surface area is 129 Å². The van der Waals surface area contributed by atoms with Crippen molar-refractivity contribution in [3.8, 4) is 0 Å². The fraction of sp³-hybridized carbons (Fsp3) is 0.562. The Morgan fingerprint density at radius 3 is 2.95 bits per heavy atom.